The average molecular weight is 446 g/mol. The molecule has 1 fully saturated rings. The normalized spacial score (nSPS) is 14.2. The Morgan fingerprint density at radius 2 is 1.66 bits per heavy atom. The first-order valence-corrected chi connectivity index (χ1v) is 10.1. The summed E-state index contributed by atoms with van der Waals surface area (Å²) in [6, 6.07) is 12.7. The van der Waals surface area contributed by atoms with Crippen molar-refractivity contribution in [2.45, 2.75) is 31.5 Å². The summed E-state index contributed by atoms with van der Waals surface area (Å²) < 4.78 is 46.2. The first kappa shape index (κ1) is 21.7. The van der Waals surface area contributed by atoms with E-state index in [1.165, 1.54) is 24.3 Å². The van der Waals surface area contributed by atoms with E-state index in [1.54, 1.807) is 18.3 Å². The molecule has 2 aromatic carbocycles. The number of carbonyl (C=O) groups excluding carboxylic acids is 1. The maximum Gasteiger partial charge on any atom is 0.573 e. The molecule has 0 bridgehead atoms. The fourth-order valence-corrected chi connectivity index (χ4v) is 3.47. The third-order valence-corrected chi connectivity index (χ3v) is 5.17. The Hall–Kier alpha value is -3.56. The average Bonchev–Trinajstić information content (AvgIpc) is 3.22. The number of benzene rings is 2. The van der Waals surface area contributed by atoms with Gasteiger partial charge < -0.3 is 14.4 Å². The van der Waals surface area contributed by atoms with Crippen LogP contribution in [-0.2, 0) is 11.2 Å². The summed E-state index contributed by atoms with van der Waals surface area (Å²) >= 11 is 0. The smallest absolute Gasteiger partial charge is 0.457 e. The van der Waals surface area contributed by atoms with Crippen LogP contribution in [0.2, 0.25) is 0 Å². The highest BCUT2D eigenvalue weighted by molar-refractivity contribution is 5.77. The molecule has 1 aliphatic heterocycles. The van der Waals surface area contributed by atoms with Crippen LogP contribution >= 0.6 is 0 Å². The van der Waals surface area contributed by atoms with E-state index in [4.69, 9.17) is 4.74 Å². The lowest BCUT2D eigenvalue weighted by Gasteiger charge is -2.39. The fraction of sp³-hybridized carbons (Fsp3) is 0.318. The summed E-state index contributed by atoms with van der Waals surface area (Å²) in [5.74, 6) is 1.09. The highest BCUT2D eigenvalue weighted by Gasteiger charge is 2.32. The zero-order valence-corrected chi connectivity index (χ0v) is 17.0. The monoisotopic (exact) mass is 446 g/mol. The topological polar surface area (TPSA) is 80.3 Å². The molecule has 1 aliphatic rings. The second-order valence-electron chi connectivity index (χ2n) is 7.50. The third-order valence-electron chi connectivity index (χ3n) is 5.17. The molecule has 1 aromatic heterocycles. The number of hydrogen-bond acceptors (Lipinski definition) is 5. The number of amides is 1. The number of ether oxygens (including phenoxy) is 2. The quantitative estimate of drug-likeness (QED) is 0.553. The Bertz CT molecular complexity index is 1020. The van der Waals surface area contributed by atoms with Gasteiger partial charge >= 0.3 is 6.36 Å². The summed E-state index contributed by atoms with van der Waals surface area (Å²) in [6.07, 6.45) is -1.12. The molecule has 4 rings (SSSR count). The standard InChI is InChI=1S/C22H21F3N4O3/c23-22(24,25)32-20-10-8-19(9-11-20)31-18-6-4-15(5-7-18)16-13-29(14-16)21(30)3-1-2-17-12-26-28-27-17/h4-12,16H,1-3,13-14H2,(H,26,27,28). The van der Waals surface area contributed by atoms with Gasteiger partial charge in [0.2, 0.25) is 5.91 Å². The first-order chi connectivity index (χ1) is 15.4. The van der Waals surface area contributed by atoms with E-state index in [-0.39, 0.29) is 17.6 Å². The largest absolute Gasteiger partial charge is 0.573 e. The second-order valence-corrected chi connectivity index (χ2v) is 7.50. The van der Waals surface area contributed by atoms with Gasteiger partial charge in [-0.25, -0.2) is 0 Å². The van der Waals surface area contributed by atoms with Gasteiger partial charge in [-0.2, -0.15) is 15.4 Å². The van der Waals surface area contributed by atoms with E-state index >= 15 is 0 Å². The zero-order valence-electron chi connectivity index (χ0n) is 17.0. The maximum absolute atomic E-state index is 12.3. The molecule has 32 heavy (non-hydrogen) atoms. The highest BCUT2D eigenvalue weighted by Crippen LogP contribution is 2.31. The van der Waals surface area contributed by atoms with Gasteiger partial charge in [0.25, 0.3) is 0 Å². The molecule has 1 saturated heterocycles. The fourth-order valence-electron chi connectivity index (χ4n) is 3.47. The Morgan fingerprint density at radius 3 is 2.25 bits per heavy atom. The molecule has 0 unspecified atom stereocenters. The lowest BCUT2D eigenvalue weighted by molar-refractivity contribution is -0.274. The molecule has 168 valence electrons. The predicted molar refractivity (Wildman–Crippen MR) is 108 cm³/mol. The van der Waals surface area contributed by atoms with Gasteiger partial charge in [0.15, 0.2) is 0 Å². The number of carbonyl (C=O) groups is 1. The number of nitrogens with one attached hydrogen (secondary N) is 1. The zero-order chi connectivity index (χ0) is 22.6. The van der Waals surface area contributed by atoms with E-state index in [0.29, 0.717) is 31.0 Å². The van der Waals surface area contributed by atoms with Gasteiger partial charge in [-0.1, -0.05) is 12.1 Å². The minimum Gasteiger partial charge on any atom is -0.457 e. The number of rotatable bonds is 8. The number of likely N-dealkylation sites (tertiary alicyclic amines) is 1. The molecule has 0 radical (unpaired) electrons. The number of aromatic amines is 1. The molecule has 10 heteroatoms. The summed E-state index contributed by atoms with van der Waals surface area (Å²) in [6.45, 7) is 1.37. The molecular weight excluding hydrogens is 425 g/mol. The Kier molecular flexibility index (Phi) is 6.29. The van der Waals surface area contributed by atoms with E-state index in [9.17, 15) is 18.0 Å². The lowest BCUT2D eigenvalue weighted by Crippen LogP contribution is -2.48. The van der Waals surface area contributed by atoms with Crippen LogP contribution in [0, 0.1) is 0 Å². The predicted octanol–water partition coefficient (Wildman–Crippen LogP) is 4.44. The molecule has 0 atom stereocenters. The Morgan fingerprint density at radius 1 is 1.03 bits per heavy atom. The van der Waals surface area contributed by atoms with Crippen molar-refractivity contribution in [2.75, 3.05) is 13.1 Å². The summed E-state index contributed by atoms with van der Waals surface area (Å²) in [4.78, 5) is 14.1. The number of nitrogens with zero attached hydrogens (tertiary/aromatic N) is 3. The minimum absolute atomic E-state index is 0.141. The molecule has 1 amide bonds. The van der Waals surface area contributed by atoms with E-state index in [0.717, 1.165) is 24.1 Å². The Labute approximate surface area is 182 Å². The van der Waals surface area contributed by atoms with Crippen molar-refractivity contribution < 1.29 is 27.4 Å². The summed E-state index contributed by atoms with van der Waals surface area (Å²) in [7, 11) is 0. The maximum atomic E-state index is 12.3. The van der Waals surface area contributed by atoms with Crippen molar-refractivity contribution >= 4 is 5.91 Å². The van der Waals surface area contributed by atoms with Gasteiger partial charge in [-0.05, 0) is 54.8 Å². The summed E-state index contributed by atoms with van der Waals surface area (Å²) in [5, 5.41) is 10.3. The van der Waals surface area contributed by atoms with Crippen LogP contribution in [0.15, 0.2) is 54.7 Å². The lowest BCUT2D eigenvalue weighted by atomic mass is 9.91. The Balaban J connectivity index is 1.22. The van der Waals surface area contributed by atoms with E-state index < -0.39 is 6.36 Å². The number of H-pyrrole nitrogens is 1. The number of alkyl halides is 3. The van der Waals surface area contributed by atoms with Gasteiger partial charge in [0.05, 0.1) is 11.9 Å². The minimum atomic E-state index is -4.72. The van der Waals surface area contributed by atoms with Crippen molar-refractivity contribution in [1.82, 2.24) is 20.3 Å². The number of aromatic nitrogens is 3. The van der Waals surface area contributed by atoms with Crippen LogP contribution in [0.1, 0.15) is 30.0 Å². The van der Waals surface area contributed by atoms with Crippen molar-refractivity contribution in [3.05, 3.63) is 66.0 Å². The third kappa shape index (κ3) is 5.77. The number of aryl methyl sites for hydroxylation is 1. The molecule has 0 aliphatic carbocycles. The van der Waals surface area contributed by atoms with Crippen molar-refractivity contribution in [1.29, 1.82) is 0 Å². The summed E-state index contributed by atoms with van der Waals surface area (Å²) in [5.41, 5.74) is 1.96. The second kappa shape index (κ2) is 9.29. The number of hydrogen-bond donors (Lipinski definition) is 1. The van der Waals surface area contributed by atoms with Gasteiger partial charge in [-0.3, -0.25) is 4.79 Å². The van der Waals surface area contributed by atoms with Gasteiger partial charge in [0, 0.05) is 25.4 Å². The molecule has 0 saturated carbocycles. The molecule has 1 N–H and O–H groups in total. The SMILES string of the molecule is O=C(CCCc1cn[nH]n1)N1CC(c2ccc(Oc3ccc(OC(F)(F)F)cc3)cc2)C1. The molecule has 2 heterocycles. The first-order valence-electron chi connectivity index (χ1n) is 10.1. The van der Waals surface area contributed by atoms with Crippen LogP contribution in [0.4, 0.5) is 13.2 Å². The van der Waals surface area contributed by atoms with Gasteiger partial charge in [0.1, 0.15) is 17.2 Å². The van der Waals surface area contributed by atoms with E-state index in [2.05, 4.69) is 20.1 Å². The number of halogens is 3. The van der Waals surface area contributed by atoms with Crippen LogP contribution in [0.25, 0.3) is 0 Å². The van der Waals surface area contributed by atoms with Crippen LogP contribution in [0.5, 0.6) is 17.2 Å². The van der Waals surface area contributed by atoms with Crippen LogP contribution < -0.4 is 9.47 Å². The van der Waals surface area contributed by atoms with Crippen LogP contribution in [0.3, 0.4) is 0 Å². The van der Waals surface area contributed by atoms with Gasteiger partial charge in [-0.15, -0.1) is 13.2 Å². The van der Waals surface area contributed by atoms with Crippen molar-refractivity contribution in [2.24, 2.45) is 0 Å². The van der Waals surface area contributed by atoms with Crippen LogP contribution in [-0.4, -0.2) is 45.7 Å². The highest BCUT2D eigenvalue weighted by atomic mass is 19.4. The van der Waals surface area contributed by atoms with Crippen molar-refractivity contribution in [3.8, 4) is 17.2 Å². The van der Waals surface area contributed by atoms with E-state index in [1.807, 2.05) is 17.0 Å². The van der Waals surface area contributed by atoms with Crippen molar-refractivity contribution in [3.63, 3.8) is 0 Å². The molecule has 7 nitrogen and oxygen atoms in total. The molecule has 3 aromatic rings. The molecule has 0 spiro atoms. The molecular formula is C22H21F3N4O3.